The minimum Gasteiger partial charge on any atom is -0.422 e. The number of rotatable bonds is 2. The fourth-order valence-corrected chi connectivity index (χ4v) is 3.30. The van der Waals surface area contributed by atoms with Gasteiger partial charge in [0, 0.05) is 37.3 Å². The van der Waals surface area contributed by atoms with Crippen LogP contribution in [0.4, 0.5) is 5.69 Å². The summed E-state index contributed by atoms with van der Waals surface area (Å²) in [5.74, 6) is -0.256. The summed E-state index contributed by atoms with van der Waals surface area (Å²) in [6.45, 7) is 4.72. The van der Waals surface area contributed by atoms with Crippen molar-refractivity contribution in [3.63, 3.8) is 0 Å². The number of para-hydroxylation sites is 1. The Morgan fingerprint density at radius 2 is 1.65 bits per heavy atom. The van der Waals surface area contributed by atoms with Crippen LogP contribution >= 0.6 is 0 Å². The molecule has 3 aromatic rings. The minimum atomic E-state index is -0.574. The molecule has 4 rings (SSSR count). The predicted octanol–water partition coefficient (Wildman–Crippen LogP) is 3.06. The fraction of sp³-hybridized carbons (Fsp3) is 0.238. The first-order valence-corrected chi connectivity index (χ1v) is 8.75. The summed E-state index contributed by atoms with van der Waals surface area (Å²) in [5, 5.41) is 0.758. The van der Waals surface area contributed by atoms with Crippen LogP contribution in [0.25, 0.3) is 11.0 Å². The highest BCUT2D eigenvalue weighted by molar-refractivity contribution is 5.96. The van der Waals surface area contributed by atoms with E-state index in [2.05, 4.69) is 36.1 Å². The normalized spacial score (nSPS) is 14.7. The molecule has 1 amide bonds. The number of hydrogen-bond donors (Lipinski definition) is 0. The number of anilines is 1. The standard InChI is InChI=1S/C21H20N2O3/c1-15-6-8-17(9-7-15)22-10-12-23(13-11-22)20(24)18-14-16-4-2-3-5-19(16)26-21(18)25/h2-9,14H,10-13H2,1H3. The number of carbonyl (C=O) groups excluding carboxylic acids is 1. The van der Waals surface area contributed by atoms with Crippen molar-refractivity contribution < 1.29 is 9.21 Å². The zero-order valence-electron chi connectivity index (χ0n) is 14.6. The lowest BCUT2D eigenvalue weighted by Crippen LogP contribution is -2.49. The van der Waals surface area contributed by atoms with Crippen molar-refractivity contribution in [3.8, 4) is 0 Å². The third kappa shape index (κ3) is 3.08. The SMILES string of the molecule is Cc1ccc(N2CCN(C(=O)c3cc4ccccc4oc3=O)CC2)cc1. The van der Waals surface area contributed by atoms with Gasteiger partial charge in [0.1, 0.15) is 11.1 Å². The molecular weight excluding hydrogens is 328 g/mol. The number of amides is 1. The Morgan fingerprint density at radius 1 is 0.962 bits per heavy atom. The number of nitrogens with zero attached hydrogens (tertiary/aromatic N) is 2. The number of piperazine rings is 1. The molecule has 1 fully saturated rings. The molecule has 1 aliphatic heterocycles. The first-order valence-electron chi connectivity index (χ1n) is 8.75. The first kappa shape index (κ1) is 16.4. The van der Waals surface area contributed by atoms with Crippen LogP contribution in [0, 0.1) is 6.92 Å². The molecular formula is C21H20N2O3. The molecule has 2 heterocycles. The van der Waals surface area contributed by atoms with Crippen molar-refractivity contribution in [2.24, 2.45) is 0 Å². The summed E-state index contributed by atoms with van der Waals surface area (Å²) >= 11 is 0. The van der Waals surface area contributed by atoms with E-state index in [4.69, 9.17) is 4.42 Å². The molecule has 0 atom stereocenters. The van der Waals surface area contributed by atoms with Gasteiger partial charge in [-0.1, -0.05) is 35.9 Å². The van der Waals surface area contributed by atoms with E-state index in [1.54, 1.807) is 23.1 Å². The Bertz CT molecular complexity index is 1000. The summed E-state index contributed by atoms with van der Waals surface area (Å²) in [7, 11) is 0. The van der Waals surface area contributed by atoms with Crippen LogP contribution in [0.1, 0.15) is 15.9 Å². The second kappa shape index (κ2) is 6.67. The fourth-order valence-electron chi connectivity index (χ4n) is 3.30. The monoisotopic (exact) mass is 348 g/mol. The maximum absolute atomic E-state index is 12.8. The Morgan fingerprint density at radius 3 is 2.38 bits per heavy atom. The Hall–Kier alpha value is -3.08. The molecule has 1 aromatic heterocycles. The van der Waals surface area contributed by atoms with E-state index in [9.17, 15) is 9.59 Å². The quantitative estimate of drug-likeness (QED) is 0.668. The maximum Gasteiger partial charge on any atom is 0.349 e. The molecule has 0 spiro atoms. The van der Waals surface area contributed by atoms with Crippen molar-refractivity contribution in [2.75, 3.05) is 31.1 Å². The zero-order valence-corrected chi connectivity index (χ0v) is 14.6. The average Bonchev–Trinajstić information content (AvgIpc) is 2.68. The average molecular weight is 348 g/mol. The lowest BCUT2D eigenvalue weighted by molar-refractivity contribution is 0.0742. The summed E-state index contributed by atoms with van der Waals surface area (Å²) in [6, 6.07) is 17.2. The largest absolute Gasteiger partial charge is 0.422 e. The summed E-state index contributed by atoms with van der Waals surface area (Å²) in [6.07, 6.45) is 0. The summed E-state index contributed by atoms with van der Waals surface area (Å²) in [5.41, 5.74) is 2.42. The molecule has 0 N–H and O–H groups in total. The molecule has 0 aliphatic carbocycles. The van der Waals surface area contributed by atoms with E-state index in [-0.39, 0.29) is 11.5 Å². The lowest BCUT2D eigenvalue weighted by Gasteiger charge is -2.36. The Labute approximate surface area is 151 Å². The van der Waals surface area contributed by atoms with Gasteiger partial charge in [0.05, 0.1) is 0 Å². The molecule has 0 saturated carbocycles. The summed E-state index contributed by atoms with van der Waals surface area (Å²) < 4.78 is 5.29. The Kier molecular flexibility index (Phi) is 4.21. The molecule has 1 aliphatic rings. The van der Waals surface area contributed by atoms with Gasteiger partial charge in [-0.05, 0) is 31.2 Å². The molecule has 0 radical (unpaired) electrons. The lowest BCUT2D eigenvalue weighted by atomic mass is 10.1. The number of benzene rings is 2. The van der Waals surface area contributed by atoms with Crippen LogP contribution in [-0.2, 0) is 0 Å². The minimum absolute atomic E-state index is 0.104. The summed E-state index contributed by atoms with van der Waals surface area (Å²) in [4.78, 5) is 29.0. The van der Waals surface area contributed by atoms with Crippen molar-refractivity contribution in [1.29, 1.82) is 0 Å². The van der Waals surface area contributed by atoms with Gasteiger partial charge >= 0.3 is 5.63 Å². The van der Waals surface area contributed by atoms with Crippen LogP contribution in [-0.4, -0.2) is 37.0 Å². The van der Waals surface area contributed by atoms with Crippen molar-refractivity contribution in [3.05, 3.63) is 76.1 Å². The second-order valence-electron chi connectivity index (χ2n) is 6.60. The zero-order chi connectivity index (χ0) is 18.1. The van der Waals surface area contributed by atoms with Gasteiger partial charge in [-0.15, -0.1) is 0 Å². The third-order valence-electron chi connectivity index (χ3n) is 4.84. The molecule has 2 aromatic carbocycles. The third-order valence-corrected chi connectivity index (χ3v) is 4.84. The molecule has 26 heavy (non-hydrogen) atoms. The molecule has 5 heteroatoms. The predicted molar refractivity (Wildman–Crippen MR) is 102 cm³/mol. The van der Waals surface area contributed by atoms with Crippen LogP contribution in [0.15, 0.2) is 63.8 Å². The van der Waals surface area contributed by atoms with Crippen LogP contribution in [0.2, 0.25) is 0 Å². The van der Waals surface area contributed by atoms with Crippen LogP contribution < -0.4 is 10.5 Å². The van der Waals surface area contributed by atoms with E-state index >= 15 is 0 Å². The molecule has 0 unspecified atom stereocenters. The highest BCUT2D eigenvalue weighted by Gasteiger charge is 2.25. The molecule has 132 valence electrons. The number of carbonyl (C=O) groups is 1. The molecule has 0 bridgehead atoms. The van der Waals surface area contributed by atoms with E-state index in [0.717, 1.165) is 24.2 Å². The van der Waals surface area contributed by atoms with Crippen molar-refractivity contribution in [1.82, 2.24) is 4.90 Å². The van der Waals surface area contributed by atoms with Gasteiger partial charge in [-0.25, -0.2) is 4.79 Å². The molecule has 5 nitrogen and oxygen atoms in total. The first-order chi connectivity index (χ1) is 12.6. The van der Waals surface area contributed by atoms with Crippen LogP contribution in [0.5, 0.6) is 0 Å². The van der Waals surface area contributed by atoms with E-state index in [1.165, 1.54) is 5.56 Å². The van der Waals surface area contributed by atoms with Crippen LogP contribution in [0.3, 0.4) is 0 Å². The highest BCUT2D eigenvalue weighted by atomic mass is 16.4. The van der Waals surface area contributed by atoms with Gasteiger partial charge in [0.2, 0.25) is 0 Å². The van der Waals surface area contributed by atoms with Gasteiger partial charge in [0.15, 0.2) is 0 Å². The van der Waals surface area contributed by atoms with Gasteiger partial charge < -0.3 is 14.2 Å². The van der Waals surface area contributed by atoms with Crippen molar-refractivity contribution >= 4 is 22.6 Å². The van der Waals surface area contributed by atoms with Crippen molar-refractivity contribution in [2.45, 2.75) is 6.92 Å². The second-order valence-corrected chi connectivity index (χ2v) is 6.60. The molecule has 1 saturated heterocycles. The van der Waals surface area contributed by atoms with Gasteiger partial charge in [-0.2, -0.15) is 0 Å². The highest BCUT2D eigenvalue weighted by Crippen LogP contribution is 2.19. The van der Waals surface area contributed by atoms with E-state index < -0.39 is 5.63 Å². The number of fused-ring (bicyclic) bond motifs is 1. The number of aryl methyl sites for hydroxylation is 1. The van der Waals surface area contributed by atoms with Gasteiger partial charge in [-0.3, -0.25) is 4.79 Å². The maximum atomic E-state index is 12.8. The number of hydrogen-bond acceptors (Lipinski definition) is 4. The van der Waals surface area contributed by atoms with Gasteiger partial charge in [0.25, 0.3) is 5.91 Å². The van der Waals surface area contributed by atoms with E-state index in [1.807, 2.05) is 12.1 Å². The van der Waals surface area contributed by atoms with E-state index in [0.29, 0.717) is 18.7 Å². The topological polar surface area (TPSA) is 53.8 Å². The Balaban J connectivity index is 1.51. The smallest absolute Gasteiger partial charge is 0.349 e.